The fourth-order valence-corrected chi connectivity index (χ4v) is 3.95. The van der Waals surface area contributed by atoms with Crippen LogP contribution in [0.1, 0.15) is 41.5 Å². The van der Waals surface area contributed by atoms with Crippen molar-refractivity contribution in [3.05, 3.63) is 58.6 Å². The van der Waals surface area contributed by atoms with Gasteiger partial charge in [-0.2, -0.15) is 0 Å². The van der Waals surface area contributed by atoms with Gasteiger partial charge in [0.25, 0.3) is 21.8 Å². The number of amides is 2. The molecule has 10 heteroatoms. The number of para-hydroxylation sites is 1. The summed E-state index contributed by atoms with van der Waals surface area (Å²) in [6.07, 6.45) is 0. The van der Waals surface area contributed by atoms with E-state index in [1.165, 1.54) is 26.3 Å². The smallest absolute Gasteiger partial charge is 0.266 e. The molecule has 2 amide bonds. The summed E-state index contributed by atoms with van der Waals surface area (Å²) in [5, 5.41) is 5.43. The number of carbonyl (C=O) groups excluding carboxylic acids is 2. The lowest BCUT2D eigenvalue weighted by Crippen LogP contribution is -2.40. The van der Waals surface area contributed by atoms with Crippen LogP contribution in [0.15, 0.2) is 47.4 Å². The largest absolute Gasteiger partial charge is 0.347 e. The number of nitrogens with zero attached hydrogens (tertiary/aromatic N) is 1. The van der Waals surface area contributed by atoms with Crippen LogP contribution < -0.4 is 10.6 Å². The quantitative estimate of drug-likeness (QED) is 0.653. The van der Waals surface area contributed by atoms with E-state index in [4.69, 9.17) is 16.4 Å². The normalized spacial score (nSPS) is 12.0. The fourth-order valence-electron chi connectivity index (χ4n) is 2.47. The van der Waals surface area contributed by atoms with Crippen molar-refractivity contribution < 1.29 is 22.8 Å². The molecule has 0 fully saturated rings. The molecule has 2 N–H and O–H groups in total. The molecule has 0 aromatic heterocycles. The van der Waals surface area contributed by atoms with E-state index < -0.39 is 21.5 Å². The molecule has 2 rings (SSSR count). The van der Waals surface area contributed by atoms with Crippen LogP contribution in [0.3, 0.4) is 0 Å². The lowest BCUT2D eigenvalue weighted by atomic mass is 10.1. The Morgan fingerprint density at radius 1 is 1.07 bits per heavy atom. The Hall–Kier alpha value is -2.46. The molecule has 2 aromatic rings. The van der Waals surface area contributed by atoms with Gasteiger partial charge in [-0.15, -0.1) is 0 Å². The van der Waals surface area contributed by atoms with Gasteiger partial charge in [0.2, 0.25) is 0 Å². The summed E-state index contributed by atoms with van der Waals surface area (Å²) in [4.78, 5) is 29.8. The molecule has 0 saturated heterocycles. The van der Waals surface area contributed by atoms with Gasteiger partial charge in [0.1, 0.15) is 4.90 Å². The van der Waals surface area contributed by atoms with E-state index in [0.29, 0.717) is 4.47 Å². The minimum absolute atomic E-state index is 0.0495. The molecule has 0 aliphatic rings. The lowest BCUT2D eigenvalue weighted by molar-refractivity contribution is -0.0258. The topological polar surface area (TPSA) is 105 Å². The number of sulfonamides is 1. The zero-order valence-corrected chi connectivity index (χ0v) is 18.9. The Balaban J connectivity index is 2.37. The van der Waals surface area contributed by atoms with Crippen molar-refractivity contribution in [2.75, 3.05) is 19.5 Å². The van der Waals surface area contributed by atoms with Gasteiger partial charge < -0.3 is 10.6 Å². The summed E-state index contributed by atoms with van der Waals surface area (Å²) in [6.45, 7) is 5.54. The van der Waals surface area contributed by atoms with Gasteiger partial charge in [-0.25, -0.2) is 8.42 Å². The van der Waals surface area contributed by atoms with E-state index >= 15 is 0 Å². The summed E-state index contributed by atoms with van der Waals surface area (Å²) in [5.41, 5.74) is 0.161. The van der Waals surface area contributed by atoms with Crippen molar-refractivity contribution in [3.63, 3.8) is 0 Å². The standard InChI is InChI=1S/C20H24ClN3O5S/c1-20(2,3)23-19(26)14-8-6-7-9-16(14)22-18(25)13-10-11-15(21)17(12-13)30(27,28)24(4)29-5/h6-12H,1-5H3,(H,22,25)(H,23,26). The third-order valence-corrected chi connectivity index (χ3v) is 6.14. The van der Waals surface area contributed by atoms with Crippen LogP contribution in [0, 0.1) is 0 Å². The Morgan fingerprint density at radius 2 is 1.70 bits per heavy atom. The van der Waals surface area contributed by atoms with E-state index in [1.807, 2.05) is 20.8 Å². The van der Waals surface area contributed by atoms with Crippen LogP contribution >= 0.6 is 11.6 Å². The van der Waals surface area contributed by atoms with Crippen LogP contribution in [0.4, 0.5) is 5.69 Å². The predicted molar refractivity (Wildman–Crippen MR) is 115 cm³/mol. The van der Waals surface area contributed by atoms with Gasteiger partial charge >= 0.3 is 0 Å². The first-order valence-corrected chi connectivity index (χ1v) is 10.7. The first-order chi connectivity index (χ1) is 13.9. The van der Waals surface area contributed by atoms with Crippen molar-refractivity contribution in [2.45, 2.75) is 31.2 Å². The molecule has 0 bridgehead atoms. The van der Waals surface area contributed by atoms with Gasteiger partial charge in [0, 0.05) is 18.2 Å². The predicted octanol–water partition coefficient (Wildman–Crippen LogP) is 3.30. The molecule has 0 heterocycles. The summed E-state index contributed by atoms with van der Waals surface area (Å²) in [7, 11) is -1.65. The number of halogens is 1. The van der Waals surface area contributed by atoms with Crippen molar-refractivity contribution in [3.8, 4) is 0 Å². The van der Waals surface area contributed by atoms with Crippen LogP contribution in [0.2, 0.25) is 5.02 Å². The van der Waals surface area contributed by atoms with E-state index in [1.54, 1.807) is 24.3 Å². The minimum atomic E-state index is -4.06. The van der Waals surface area contributed by atoms with Gasteiger partial charge in [-0.3, -0.25) is 14.4 Å². The SMILES string of the molecule is CON(C)S(=O)(=O)c1cc(C(=O)Nc2ccccc2C(=O)NC(C)(C)C)ccc1Cl. The number of carbonyl (C=O) groups is 2. The number of nitrogens with one attached hydrogen (secondary N) is 2. The third-order valence-electron chi connectivity index (χ3n) is 3.98. The summed E-state index contributed by atoms with van der Waals surface area (Å²) in [6, 6.07) is 10.4. The van der Waals surface area contributed by atoms with E-state index in [0.717, 1.165) is 6.07 Å². The van der Waals surface area contributed by atoms with Gasteiger partial charge in [0.15, 0.2) is 0 Å². The first kappa shape index (κ1) is 23.8. The van der Waals surface area contributed by atoms with Crippen molar-refractivity contribution in [2.24, 2.45) is 0 Å². The highest BCUT2D eigenvalue weighted by Gasteiger charge is 2.26. The molecule has 0 unspecified atom stereocenters. The summed E-state index contributed by atoms with van der Waals surface area (Å²) >= 11 is 6.03. The number of hydroxylamine groups is 1. The minimum Gasteiger partial charge on any atom is -0.347 e. The maximum absolute atomic E-state index is 12.8. The van der Waals surface area contributed by atoms with E-state index in [-0.39, 0.29) is 32.6 Å². The molecule has 0 aliphatic heterocycles. The van der Waals surface area contributed by atoms with Crippen molar-refractivity contribution >= 4 is 39.1 Å². The number of hydrogen-bond acceptors (Lipinski definition) is 5. The van der Waals surface area contributed by atoms with E-state index in [2.05, 4.69) is 10.6 Å². The first-order valence-electron chi connectivity index (χ1n) is 8.92. The molecule has 0 saturated carbocycles. The lowest BCUT2D eigenvalue weighted by Gasteiger charge is -2.21. The molecule has 8 nitrogen and oxygen atoms in total. The molecule has 0 radical (unpaired) electrons. The van der Waals surface area contributed by atoms with Gasteiger partial charge in [0.05, 0.1) is 23.4 Å². The van der Waals surface area contributed by atoms with E-state index in [9.17, 15) is 18.0 Å². The number of anilines is 1. The highest BCUT2D eigenvalue weighted by Crippen LogP contribution is 2.26. The zero-order chi connectivity index (χ0) is 22.7. The van der Waals surface area contributed by atoms with Crippen LogP contribution in [0.25, 0.3) is 0 Å². The average Bonchev–Trinajstić information content (AvgIpc) is 2.66. The molecule has 30 heavy (non-hydrogen) atoms. The molecule has 0 spiro atoms. The van der Waals surface area contributed by atoms with Gasteiger partial charge in [-0.05, 0) is 51.1 Å². The van der Waals surface area contributed by atoms with Crippen LogP contribution in [0.5, 0.6) is 0 Å². The maximum atomic E-state index is 12.8. The molecule has 2 aromatic carbocycles. The Morgan fingerprint density at radius 3 is 2.30 bits per heavy atom. The monoisotopic (exact) mass is 453 g/mol. The molecule has 0 atom stereocenters. The average molecular weight is 454 g/mol. The summed E-state index contributed by atoms with van der Waals surface area (Å²) < 4.78 is 25.7. The maximum Gasteiger partial charge on any atom is 0.266 e. The zero-order valence-electron chi connectivity index (χ0n) is 17.3. The second-order valence-electron chi connectivity index (χ2n) is 7.45. The summed E-state index contributed by atoms with van der Waals surface area (Å²) in [5.74, 6) is -0.946. The molecular weight excluding hydrogens is 430 g/mol. The van der Waals surface area contributed by atoms with Gasteiger partial charge in [-0.1, -0.05) is 28.2 Å². The second-order valence-corrected chi connectivity index (χ2v) is 9.76. The molecular formula is C20H24ClN3O5S. The highest BCUT2D eigenvalue weighted by atomic mass is 35.5. The second kappa shape index (κ2) is 9.13. The Bertz CT molecular complexity index is 1060. The molecule has 162 valence electrons. The number of rotatable bonds is 6. The van der Waals surface area contributed by atoms with Crippen molar-refractivity contribution in [1.82, 2.24) is 9.79 Å². The van der Waals surface area contributed by atoms with Crippen LogP contribution in [-0.4, -0.2) is 44.4 Å². The number of hydrogen-bond donors (Lipinski definition) is 2. The van der Waals surface area contributed by atoms with Crippen LogP contribution in [-0.2, 0) is 14.9 Å². The third kappa shape index (κ3) is 5.57. The fraction of sp³-hybridized carbons (Fsp3) is 0.300. The number of benzene rings is 2. The Kier molecular flexibility index (Phi) is 7.25. The molecule has 0 aliphatic carbocycles. The Labute approximate surface area is 181 Å². The highest BCUT2D eigenvalue weighted by molar-refractivity contribution is 7.89. The van der Waals surface area contributed by atoms with Crippen molar-refractivity contribution in [1.29, 1.82) is 0 Å².